The number of aliphatic hydroxyl groups excluding tert-OH is 2. The lowest BCUT2D eigenvalue weighted by Crippen LogP contribution is -2.36. The van der Waals surface area contributed by atoms with Crippen LogP contribution in [0.25, 0.3) is 10.9 Å². The minimum Gasteiger partial charge on any atom is -0.487 e. The van der Waals surface area contributed by atoms with Crippen LogP contribution >= 0.6 is 0 Å². The molecular formula is C48H67N9O7. The van der Waals surface area contributed by atoms with Crippen LogP contribution in [0.15, 0.2) is 83.7 Å². The molecule has 64 heavy (non-hydrogen) atoms. The highest BCUT2D eigenvalue weighted by Gasteiger charge is 2.22. The van der Waals surface area contributed by atoms with E-state index < -0.39 is 0 Å². The molecule has 5 heterocycles. The van der Waals surface area contributed by atoms with Gasteiger partial charge < -0.3 is 75.0 Å². The fraction of sp³-hybridized carbons (Fsp3) is 0.438. The average molecular weight is 882 g/mol. The Hall–Kier alpha value is -6.23. The second-order valence-corrected chi connectivity index (χ2v) is 15.2. The van der Waals surface area contributed by atoms with Gasteiger partial charge in [0.15, 0.2) is 17.2 Å². The molecule has 0 atom stereocenters. The summed E-state index contributed by atoms with van der Waals surface area (Å²) in [5.41, 5.74) is 9.23. The zero-order chi connectivity index (χ0) is 45.3. The number of fused-ring (bicyclic) bond motifs is 4. The Bertz CT molecular complexity index is 2290. The molecule has 4 aromatic carbocycles. The van der Waals surface area contributed by atoms with Gasteiger partial charge in [-0.3, -0.25) is 4.79 Å². The van der Waals surface area contributed by atoms with E-state index in [9.17, 15) is 4.79 Å². The lowest BCUT2D eigenvalue weighted by Gasteiger charge is -2.32. The van der Waals surface area contributed by atoms with Crippen molar-refractivity contribution in [3.05, 3.63) is 89.2 Å². The number of nitrogens with zero attached hydrogens (tertiary/aromatic N) is 4. The number of nitrogens with one attached hydrogen (secondary N) is 5. The Morgan fingerprint density at radius 2 is 1.09 bits per heavy atom. The third kappa shape index (κ3) is 11.7. The summed E-state index contributed by atoms with van der Waals surface area (Å²) < 4.78 is 22.4. The van der Waals surface area contributed by atoms with Crippen molar-refractivity contribution in [2.24, 2.45) is 0 Å². The van der Waals surface area contributed by atoms with Gasteiger partial charge in [0.1, 0.15) is 19.8 Å². The van der Waals surface area contributed by atoms with Crippen LogP contribution < -0.4 is 60.6 Å². The molecule has 9 rings (SSSR count). The Morgan fingerprint density at radius 1 is 0.578 bits per heavy atom. The maximum absolute atomic E-state index is 11.8. The predicted octanol–water partition coefficient (Wildman–Crippen LogP) is 5.58. The van der Waals surface area contributed by atoms with Gasteiger partial charge in [-0.05, 0) is 67.9 Å². The molecule has 346 valence electrons. The molecule has 1 saturated heterocycles. The van der Waals surface area contributed by atoms with E-state index in [1.54, 1.807) is 6.07 Å². The maximum Gasteiger partial charge on any atom is 0.250 e. The summed E-state index contributed by atoms with van der Waals surface area (Å²) in [6, 6.07) is 26.0. The Labute approximate surface area is 377 Å². The van der Waals surface area contributed by atoms with Crippen molar-refractivity contribution < 1.29 is 29.2 Å². The van der Waals surface area contributed by atoms with Gasteiger partial charge in [-0.15, -0.1) is 0 Å². The number of β-amino-alcohol motifs (C(OH)–C–C–N with tert-alkyl or cyclic N) is 1. The number of rotatable bonds is 11. The normalized spacial score (nSPS) is 14.8. The molecule has 0 saturated carbocycles. The van der Waals surface area contributed by atoms with E-state index in [-0.39, 0.29) is 18.8 Å². The van der Waals surface area contributed by atoms with Crippen molar-refractivity contribution in [1.82, 2.24) is 4.98 Å². The molecule has 0 aliphatic carbocycles. The van der Waals surface area contributed by atoms with Crippen LogP contribution in [0.4, 0.5) is 45.5 Å². The first-order valence-corrected chi connectivity index (χ1v) is 22.3. The highest BCUT2D eigenvalue weighted by atomic mass is 16.5. The van der Waals surface area contributed by atoms with Gasteiger partial charge in [-0.2, -0.15) is 0 Å². The molecule has 4 aliphatic rings. The van der Waals surface area contributed by atoms with E-state index in [1.807, 2.05) is 82.8 Å². The minimum absolute atomic E-state index is 0.0674. The highest BCUT2D eigenvalue weighted by Crippen LogP contribution is 2.40. The van der Waals surface area contributed by atoms with Crippen LogP contribution in [0, 0.1) is 0 Å². The van der Waals surface area contributed by atoms with E-state index >= 15 is 0 Å². The number of aromatic nitrogens is 1. The van der Waals surface area contributed by atoms with E-state index in [0.29, 0.717) is 33.0 Å². The summed E-state index contributed by atoms with van der Waals surface area (Å²) in [5.74, 6) is 2.80. The second kappa shape index (κ2) is 24.0. The Morgan fingerprint density at radius 3 is 1.58 bits per heavy atom. The third-order valence-corrected chi connectivity index (χ3v) is 11.4. The molecule has 16 nitrogen and oxygen atoms in total. The van der Waals surface area contributed by atoms with Crippen LogP contribution in [0.1, 0.15) is 13.3 Å². The zero-order valence-electron chi connectivity index (χ0n) is 38.0. The molecule has 1 aromatic heterocycles. The summed E-state index contributed by atoms with van der Waals surface area (Å²) in [6.45, 7) is 13.1. The average Bonchev–Trinajstić information content (AvgIpc) is 3.35. The summed E-state index contributed by atoms with van der Waals surface area (Å²) in [7, 11) is 7.56. The molecule has 5 aromatic rings. The lowest BCUT2D eigenvalue weighted by atomic mass is 10.1. The quantitative estimate of drug-likeness (QED) is 0.0877. The largest absolute Gasteiger partial charge is 0.487 e. The number of aliphatic hydroxyl groups is 2. The third-order valence-electron chi connectivity index (χ3n) is 11.4. The van der Waals surface area contributed by atoms with Crippen LogP contribution in [-0.2, 0) is 4.74 Å². The molecule has 0 bridgehead atoms. The molecule has 0 unspecified atom stereocenters. The van der Waals surface area contributed by atoms with Crippen LogP contribution in [0.2, 0.25) is 0 Å². The summed E-state index contributed by atoms with van der Waals surface area (Å²) >= 11 is 0. The number of benzene rings is 4. The summed E-state index contributed by atoms with van der Waals surface area (Å²) in [4.78, 5) is 23.6. The number of pyridine rings is 1. The number of anilines is 8. The number of para-hydroxylation sites is 3. The summed E-state index contributed by atoms with van der Waals surface area (Å²) in [5, 5.41) is 31.4. The van der Waals surface area contributed by atoms with Gasteiger partial charge in [-0.25, -0.2) is 0 Å². The topological polar surface area (TPSA) is 171 Å². The number of H-pyrrole nitrogens is 1. The second-order valence-electron chi connectivity index (χ2n) is 15.2. The minimum atomic E-state index is -0.0674. The van der Waals surface area contributed by atoms with Crippen LogP contribution in [-0.4, -0.2) is 142 Å². The molecule has 4 aliphatic heterocycles. The fourth-order valence-corrected chi connectivity index (χ4v) is 8.14. The SMILES string of the molecule is CCN1CCOc2c(NC)cccc21.CNc1ccc2c(N3CCOCC3)cc(=O)[nH]c2c1.CNc1cccc2c1OCCN2CCCO.CNc1cccc2c1OCCN2CCO. The van der Waals surface area contributed by atoms with Gasteiger partial charge in [0.05, 0.1) is 84.8 Å². The molecule has 7 N–H and O–H groups in total. The standard InChI is InChI=1S/C14H17N3O2.C12H18N2O2.C11H16N2O2.C11H16N2O/c1-15-10-2-3-11-12(8-10)16-14(18)9-13(11)17-4-6-19-7-5-17;1-13-10-4-2-5-11-12(10)16-9-7-14(11)6-3-8-15;1-12-9-3-2-4-10-11(9)15-8-6-13(10)5-7-14;1-3-13-7-8-14-11-9(12-2)5-4-6-10(11)13/h2-3,8-9,15H,4-7H2,1H3,(H,16,18);2,4-5,13,15H,3,6-9H2,1H3;2-4,12,14H,5-8H2,1H3;4-6,12H,3,7-8H2,1-2H3. The Balaban J connectivity index is 0.000000143. The number of hydrogen-bond donors (Lipinski definition) is 7. The number of ether oxygens (including phenoxy) is 4. The molecule has 0 radical (unpaired) electrons. The van der Waals surface area contributed by atoms with E-state index in [1.165, 1.54) is 5.69 Å². The van der Waals surface area contributed by atoms with Crippen molar-refractivity contribution in [2.45, 2.75) is 13.3 Å². The van der Waals surface area contributed by atoms with Gasteiger partial charge in [0.2, 0.25) is 5.56 Å². The van der Waals surface area contributed by atoms with Crippen LogP contribution in [0.5, 0.6) is 17.2 Å². The first kappa shape index (κ1) is 47.3. The zero-order valence-corrected chi connectivity index (χ0v) is 38.0. The number of likely N-dealkylation sites (N-methyl/N-ethyl adjacent to an activating group) is 1. The first-order valence-electron chi connectivity index (χ1n) is 22.3. The van der Waals surface area contributed by atoms with Gasteiger partial charge >= 0.3 is 0 Å². The van der Waals surface area contributed by atoms with Crippen molar-refractivity contribution >= 4 is 56.4 Å². The van der Waals surface area contributed by atoms with Gasteiger partial charge in [-0.1, -0.05) is 18.2 Å². The number of aromatic amines is 1. The number of hydrogen-bond acceptors (Lipinski definition) is 15. The molecule has 0 spiro atoms. The summed E-state index contributed by atoms with van der Waals surface area (Å²) in [6.07, 6.45) is 0.795. The van der Waals surface area contributed by atoms with Crippen molar-refractivity contribution in [1.29, 1.82) is 0 Å². The van der Waals surface area contributed by atoms with Crippen molar-refractivity contribution in [2.75, 3.05) is 168 Å². The molecular weight excluding hydrogens is 815 g/mol. The van der Waals surface area contributed by atoms with Crippen molar-refractivity contribution in [3.63, 3.8) is 0 Å². The lowest BCUT2D eigenvalue weighted by molar-refractivity contribution is 0.123. The molecule has 1 fully saturated rings. The predicted molar refractivity (Wildman–Crippen MR) is 263 cm³/mol. The highest BCUT2D eigenvalue weighted by molar-refractivity contribution is 5.93. The smallest absolute Gasteiger partial charge is 0.250 e. The van der Waals surface area contributed by atoms with Crippen LogP contribution in [0.3, 0.4) is 0 Å². The van der Waals surface area contributed by atoms with Gasteiger partial charge in [0, 0.05) is 84.7 Å². The Kier molecular flexibility index (Phi) is 17.7. The first-order chi connectivity index (χ1) is 31.4. The molecule has 16 heteroatoms. The monoisotopic (exact) mass is 882 g/mol. The molecule has 0 amide bonds. The van der Waals surface area contributed by atoms with Crippen molar-refractivity contribution in [3.8, 4) is 17.2 Å². The maximum atomic E-state index is 11.8. The van der Waals surface area contributed by atoms with Gasteiger partial charge in [0.25, 0.3) is 0 Å². The fourth-order valence-electron chi connectivity index (χ4n) is 8.14. The number of morpholine rings is 1. The van der Waals surface area contributed by atoms with E-state index in [0.717, 1.165) is 127 Å². The van der Waals surface area contributed by atoms with E-state index in [2.05, 4.69) is 71.0 Å². The van der Waals surface area contributed by atoms with E-state index in [4.69, 9.17) is 29.2 Å².